The average Bonchev–Trinajstić information content (AvgIpc) is 2.74. The van der Waals surface area contributed by atoms with Gasteiger partial charge in [-0.05, 0) is 24.7 Å². The Bertz CT molecular complexity index is 206. The summed E-state index contributed by atoms with van der Waals surface area (Å²) in [7, 11) is 0. The SMILES string of the molecule is [CH](CC1C=CC=C1)C1C=CC=C1.[Mn]. The largest absolute Gasteiger partial charge is 0.0776 e. The van der Waals surface area contributed by atoms with Crippen LogP contribution < -0.4 is 0 Å². The molecule has 0 heterocycles. The number of hydrogen-bond acceptors (Lipinski definition) is 0. The van der Waals surface area contributed by atoms with Gasteiger partial charge in [0.15, 0.2) is 0 Å². The van der Waals surface area contributed by atoms with Gasteiger partial charge in [-0.15, -0.1) is 0 Å². The fourth-order valence-corrected chi connectivity index (χ4v) is 1.56. The van der Waals surface area contributed by atoms with Gasteiger partial charge in [0.05, 0.1) is 0 Å². The Morgan fingerprint density at radius 1 is 0.846 bits per heavy atom. The van der Waals surface area contributed by atoms with E-state index in [1.54, 1.807) is 0 Å². The van der Waals surface area contributed by atoms with Gasteiger partial charge in [0, 0.05) is 17.1 Å². The maximum atomic E-state index is 2.37. The van der Waals surface area contributed by atoms with Crippen molar-refractivity contribution in [1.82, 2.24) is 0 Å². The molecule has 2 rings (SSSR count). The van der Waals surface area contributed by atoms with Gasteiger partial charge in [-0.25, -0.2) is 0 Å². The Balaban J connectivity index is 0.000000845. The fraction of sp³-hybridized carbons (Fsp3) is 0.250. The molecule has 13 heavy (non-hydrogen) atoms. The Morgan fingerprint density at radius 3 is 2.00 bits per heavy atom. The maximum Gasteiger partial charge on any atom is 0 e. The second kappa shape index (κ2) is 5.26. The standard InChI is InChI=1S/C12H13.Mn/c1-2-6-11(5-1)9-10-12-7-3-4-8-12;/h1-9,11-12H,10H2;. The van der Waals surface area contributed by atoms with Crippen LogP contribution >= 0.6 is 0 Å². The van der Waals surface area contributed by atoms with Crippen molar-refractivity contribution in [2.45, 2.75) is 6.42 Å². The quantitative estimate of drug-likeness (QED) is 0.631. The second-order valence-corrected chi connectivity index (χ2v) is 3.25. The minimum atomic E-state index is 0. The van der Waals surface area contributed by atoms with Crippen LogP contribution in [0.2, 0.25) is 0 Å². The van der Waals surface area contributed by atoms with Crippen molar-refractivity contribution < 1.29 is 17.1 Å². The van der Waals surface area contributed by atoms with E-state index < -0.39 is 0 Å². The van der Waals surface area contributed by atoms with E-state index in [0.29, 0.717) is 11.8 Å². The molecule has 2 aliphatic carbocycles. The molecule has 2 aliphatic rings. The molecule has 1 heteroatoms. The first-order valence-electron chi connectivity index (χ1n) is 4.48. The number of rotatable bonds is 3. The average molecular weight is 212 g/mol. The molecule has 0 aromatic heterocycles. The molecule has 0 saturated carbocycles. The zero-order valence-corrected chi connectivity index (χ0v) is 8.62. The summed E-state index contributed by atoms with van der Waals surface area (Å²) in [4.78, 5) is 0. The third-order valence-electron chi connectivity index (χ3n) is 2.29. The van der Waals surface area contributed by atoms with Crippen molar-refractivity contribution in [2.24, 2.45) is 11.8 Å². The molecule has 0 aromatic rings. The van der Waals surface area contributed by atoms with Gasteiger partial charge in [-0.1, -0.05) is 48.6 Å². The molecule has 0 N–H and O–H groups in total. The van der Waals surface area contributed by atoms with E-state index in [9.17, 15) is 0 Å². The van der Waals surface area contributed by atoms with E-state index in [1.807, 2.05) is 0 Å². The monoisotopic (exact) mass is 212 g/mol. The van der Waals surface area contributed by atoms with E-state index in [2.05, 4.69) is 55.0 Å². The normalized spacial score (nSPS) is 20.0. The van der Waals surface area contributed by atoms with Gasteiger partial charge >= 0.3 is 0 Å². The molecule has 0 spiro atoms. The van der Waals surface area contributed by atoms with Gasteiger partial charge in [0.1, 0.15) is 0 Å². The summed E-state index contributed by atoms with van der Waals surface area (Å²) < 4.78 is 0. The van der Waals surface area contributed by atoms with Crippen LogP contribution in [0, 0.1) is 18.3 Å². The third kappa shape index (κ3) is 3.02. The molecule has 0 aliphatic heterocycles. The summed E-state index contributed by atoms with van der Waals surface area (Å²) in [6, 6.07) is 0. The molecule has 0 saturated heterocycles. The molecule has 0 atom stereocenters. The van der Waals surface area contributed by atoms with Gasteiger partial charge in [-0.3, -0.25) is 0 Å². The smallest absolute Gasteiger partial charge is 0 e. The summed E-state index contributed by atoms with van der Waals surface area (Å²) >= 11 is 0. The van der Waals surface area contributed by atoms with Crippen molar-refractivity contribution in [3.05, 3.63) is 55.0 Å². The zero-order chi connectivity index (χ0) is 8.23. The predicted octanol–water partition coefficient (Wildman–Crippen LogP) is 3.06. The summed E-state index contributed by atoms with van der Waals surface area (Å²) in [6.07, 6.45) is 20.9. The first kappa shape index (κ1) is 10.6. The third-order valence-corrected chi connectivity index (χ3v) is 2.29. The number of allylic oxidation sites excluding steroid dienone is 8. The van der Waals surface area contributed by atoms with Crippen LogP contribution in [-0.2, 0) is 17.1 Å². The number of hydrogen-bond donors (Lipinski definition) is 0. The molecule has 2 radical (unpaired) electrons. The molecular formula is C12H13Mn. The first-order chi connectivity index (χ1) is 5.95. The molecule has 68 valence electrons. The molecule has 0 aromatic carbocycles. The van der Waals surface area contributed by atoms with Gasteiger partial charge in [0.2, 0.25) is 0 Å². The minimum Gasteiger partial charge on any atom is -0.0776 e. The first-order valence-corrected chi connectivity index (χ1v) is 4.48. The van der Waals surface area contributed by atoms with Crippen LogP contribution in [0.3, 0.4) is 0 Å². The van der Waals surface area contributed by atoms with Gasteiger partial charge in [-0.2, -0.15) is 0 Å². The summed E-state index contributed by atoms with van der Waals surface area (Å²) in [5, 5.41) is 0. The minimum absolute atomic E-state index is 0. The Morgan fingerprint density at radius 2 is 1.38 bits per heavy atom. The van der Waals surface area contributed by atoms with Crippen molar-refractivity contribution >= 4 is 0 Å². The molecule has 0 nitrogen and oxygen atoms in total. The van der Waals surface area contributed by atoms with Crippen molar-refractivity contribution in [3.8, 4) is 0 Å². The van der Waals surface area contributed by atoms with Crippen LogP contribution in [0.5, 0.6) is 0 Å². The van der Waals surface area contributed by atoms with E-state index in [0.717, 1.165) is 6.42 Å². The van der Waals surface area contributed by atoms with Crippen LogP contribution in [0.25, 0.3) is 0 Å². The summed E-state index contributed by atoms with van der Waals surface area (Å²) in [5.41, 5.74) is 0. The van der Waals surface area contributed by atoms with Crippen LogP contribution in [-0.4, -0.2) is 0 Å². The fourth-order valence-electron chi connectivity index (χ4n) is 1.56. The predicted molar refractivity (Wildman–Crippen MR) is 52.5 cm³/mol. The molecule has 0 fully saturated rings. The zero-order valence-electron chi connectivity index (χ0n) is 7.44. The Kier molecular flexibility index (Phi) is 4.27. The van der Waals surface area contributed by atoms with Crippen LogP contribution in [0.15, 0.2) is 48.6 Å². The van der Waals surface area contributed by atoms with E-state index in [1.165, 1.54) is 0 Å². The molecule has 0 unspecified atom stereocenters. The van der Waals surface area contributed by atoms with E-state index in [-0.39, 0.29) is 17.1 Å². The summed E-state index contributed by atoms with van der Waals surface area (Å²) in [6.45, 7) is 0. The topological polar surface area (TPSA) is 0 Å². The Labute approximate surface area is 90.6 Å². The van der Waals surface area contributed by atoms with Crippen molar-refractivity contribution in [2.75, 3.05) is 0 Å². The van der Waals surface area contributed by atoms with Gasteiger partial charge < -0.3 is 0 Å². The van der Waals surface area contributed by atoms with E-state index in [4.69, 9.17) is 0 Å². The maximum absolute atomic E-state index is 2.37. The van der Waals surface area contributed by atoms with Crippen LogP contribution in [0.1, 0.15) is 6.42 Å². The second-order valence-electron chi connectivity index (χ2n) is 3.25. The molecule has 0 bridgehead atoms. The Hall–Kier alpha value is -0.521. The van der Waals surface area contributed by atoms with E-state index >= 15 is 0 Å². The molecule has 0 amide bonds. The summed E-state index contributed by atoms with van der Waals surface area (Å²) in [5.74, 6) is 1.22. The molecular weight excluding hydrogens is 199 g/mol. The van der Waals surface area contributed by atoms with Crippen molar-refractivity contribution in [3.63, 3.8) is 0 Å². The van der Waals surface area contributed by atoms with Crippen LogP contribution in [0.4, 0.5) is 0 Å². The van der Waals surface area contributed by atoms with Gasteiger partial charge in [0.25, 0.3) is 0 Å². The van der Waals surface area contributed by atoms with Crippen molar-refractivity contribution in [1.29, 1.82) is 0 Å².